The van der Waals surface area contributed by atoms with Gasteiger partial charge in [-0.05, 0) is 76.8 Å². The van der Waals surface area contributed by atoms with Gasteiger partial charge in [0.05, 0.1) is 17.2 Å². The summed E-state index contributed by atoms with van der Waals surface area (Å²) in [5, 5.41) is 14.3. The molecule has 0 amide bonds. The van der Waals surface area contributed by atoms with Crippen LogP contribution in [0.2, 0.25) is 0 Å². The van der Waals surface area contributed by atoms with E-state index in [2.05, 4.69) is 26.1 Å². The van der Waals surface area contributed by atoms with Gasteiger partial charge in [-0.25, -0.2) is 0 Å². The highest BCUT2D eigenvalue weighted by atomic mass is 19.4. The zero-order valence-corrected chi connectivity index (χ0v) is 19.3. The second-order valence-electron chi connectivity index (χ2n) is 11.0. The fourth-order valence-corrected chi connectivity index (χ4v) is 6.83. The maximum Gasteiger partial charge on any atom is 0.416 e. The molecule has 0 saturated heterocycles. The first kappa shape index (κ1) is 23.9. The molecule has 0 aliphatic heterocycles. The van der Waals surface area contributed by atoms with Crippen molar-refractivity contribution < 1.29 is 31.4 Å². The summed E-state index contributed by atoms with van der Waals surface area (Å²) in [6.07, 6.45) is -7.85. The number of alkyl halides is 6. The number of fused-ring (bicyclic) bond motifs is 5. The monoisotopic (exact) mass is 485 g/mol. The first-order valence-electron chi connectivity index (χ1n) is 11.8. The fourth-order valence-electron chi connectivity index (χ4n) is 6.83. The molecule has 0 heterocycles. The molecule has 1 aromatic carbocycles. The quantitative estimate of drug-likeness (QED) is 0.479. The molecule has 4 saturated carbocycles. The summed E-state index contributed by atoms with van der Waals surface area (Å²) in [6, 6.07) is 3.63. The Bertz CT molecular complexity index is 1070. The van der Waals surface area contributed by atoms with E-state index in [0.29, 0.717) is 17.8 Å². The van der Waals surface area contributed by atoms with Gasteiger partial charge in [0, 0.05) is 18.5 Å². The van der Waals surface area contributed by atoms with Crippen LogP contribution in [0, 0.1) is 23.2 Å². The minimum atomic E-state index is -4.70. The van der Waals surface area contributed by atoms with Gasteiger partial charge in [0.2, 0.25) is 0 Å². The Balaban J connectivity index is 1.46. The molecule has 4 fully saturated rings. The van der Waals surface area contributed by atoms with Crippen LogP contribution in [0.3, 0.4) is 0 Å². The Morgan fingerprint density at radius 2 is 1.79 bits per heavy atom. The summed E-state index contributed by atoms with van der Waals surface area (Å²) in [5.41, 5.74) is -1.82. The zero-order valence-electron chi connectivity index (χ0n) is 19.3. The van der Waals surface area contributed by atoms with Crippen molar-refractivity contribution in [1.29, 1.82) is 0 Å². The number of halogens is 6. The minimum Gasteiger partial charge on any atom is -0.387 e. The third-order valence-corrected chi connectivity index (χ3v) is 8.99. The summed E-state index contributed by atoms with van der Waals surface area (Å²) in [4.78, 5) is 0. The maximum absolute atomic E-state index is 13.8. The van der Waals surface area contributed by atoms with Crippen molar-refractivity contribution in [3.05, 3.63) is 52.1 Å². The lowest BCUT2D eigenvalue weighted by molar-refractivity contribution is -0.138. The van der Waals surface area contributed by atoms with Crippen LogP contribution < -0.4 is 5.32 Å². The number of rotatable bonds is 4. The van der Waals surface area contributed by atoms with E-state index < -0.39 is 35.5 Å². The Labute approximate surface area is 195 Å². The number of aliphatic hydroxyl groups is 1. The number of hydrogen-bond donors (Lipinski definition) is 2. The number of benzene rings is 1. The molecule has 8 heteroatoms. The molecule has 6 unspecified atom stereocenters. The Kier molecular flexibility index (Phi) is 5.34. The largest absolute Gasteiger partial charge is 0.416 e. The minimum absolute atomic E-state index is 0.0124. The van der Waals surface area contributed by atoms with Gasteiger partial charge in [0.15, 0.2) is 0 Å². The van der Waals surface area contributed by atoms with E-state index in [-0.39, 0.29) is 46.7 Å². The van der Waals surface area contributed by atoms with Crippen molar-refractivity contribution >= 4 is 5.57 Å². The maximum atomic E-state index is 13.8. The molecule has 6 atom stereocenters. The Morgan fingerprint density at radius 1 is 1.09 bits per heavy atom. The summed E-state index contributed by atoms with van der Waals surface area (Å²) in [6.45, 7) is 6.66. The average molecular weight is 486 g/mol. The second kappa shape index (κ2) is 7.60. The van der Waals surface area contributed by atoms with E-state index in [1.54, 1.807) is 0 Å². The molecule has 5 aliphatic rings. The highest BCUT2D eigenvalue weighted by Crippen LogP contribution is 2.61. The molecule has 6 rings (SSSR count). The van der Waals surface area contributed by atoms with Gasteiger partial charge >= 0.3 is 12.4 Å². The molecule has 2 N–H and O–H groups in total. The first-order chi connectivity index (χ1) is 15.7. The third kappa shape index (κ3) is 3.72. The van der Waals surface area contributed by atoms with E-state index in [1.807, 2.05) is 0 Å². The van der Waals surface area contributed by atoms with Crippen LogP contribution in [0.4, 0.5) is 26.3 Å². The topological polar surface area (TPSA) is 32.3 Å². The van der Waals surface area contributed by atoms with Crippen molar-refractivity contribution in [2.75, 3.05) is 6.54 Å². The Morgan fingerprint density at radius 3 is 2.38 bits per heavy atom. The predicted octanol–water partition coefficient (Wildman–Crippen LogP) is 6.47. The van der Waals surface area contributed by atoms with Crippen LogP contribution in [-0.2, 0) is 6.18 Å². The molecule has 2 bridgehead atoms. The van der Waals surface area contributed by atoms with E-state index in [1.165, 1.54) is 12.1 Å². The van der Waals surface area contributed by atoms with Crippen molar-refractivity contribution in [2.24, 2.45) is 23.2 Å². The number of allylic oxidation sites excluding steroid dienone is 3. The Hall–Kier alpha value is -1.80. The molecule has 0 radical (unpaired) electrons. The number of nitrogens with one attached hydrogen (secondary N) is 1. The molecule has 2 nitrogen and oxygen atoms in total. The zero-order chi connectivity index (χ0) is 24.8. The molecule has 1 aromatic rings. The van der Waals surface area contributed by atoms with Crippen LogP contribution in [0.25, 0.3) is 5.57 Å². The van der Waals surface area contributed by atoms with Gasteiger partial charge < -0.3 is 10.4 Å². The van der Waals surface area contributed by atoms with Crippen LogP contribution in [0.5, 0.6) is 0 Å². The van der Waals surface area contributed by atoms with Gasteiger partial charge in [-0.15, -0.1) is 0 Å². The lowest BCUT2D eigenvalue weighted by Crippen LogP contribution is -2.60. The van der Waals surface area contributed by atoms with Gasteiger partial charge in [0.25, 0.3) is 0 Å². The van der Waals surface area contributed by atoms with Gasteiger partial charge in [-0.3, -0.25) is 0 Å². The normalized spacial score (nSPS) is 32.8. The average Bonchev–Trinajstić information content (AvgIpc) is 3.51. The number of aliphatic hydroxyl groups excluding tert-OH is 1. The summed E-state index contributed by atoms with van der Waals surface area (Å²) < 4.78 is 82.8. The highest BCUT2D eigenvalue weighted by Gasteiger charge is 2.56. The lowest BCUT2D eigenvalue weighted by atomic mass is 9.45. The summed E-state index contributed by atoms with van der Waals surface area (Å²) >= 11 is 0. The van der Waals surface area contributed by atoms with E-state index in [0.717, 1.165) is 25.0 Å². The van der Waals surface area contributed by atoms with Crippen LogP contribution in [-0.4, -0.2) is 30.0 Å². The smallest absolute Gasteiger partial charge is 0.387 e. The lowest BCUT2D eigenvalue weighted by Gasteiger charge is -2.62. The number of hydrogen-bond acceptors (Lipinski definition) is 2. The molecule has 186 valence electrons. The van der Waals surface area contributed by atoms with Crippen molar-refractivity contribution in [3.63, 3.8) is 0 Å². The fraction of sp³-hybridized carbons (Fsp3) is 0.615. The molecule has 0 aromatic heterocycles. The summed E-state index contributed by atoms with van der Waals surface area (Å²) in [5.74, 6) is 0.525. The molecule has 0 spiro atoms. The third-order valence-electron chi connectivity index (χ3n) is 8.99. The predicted molar refractivity (Wildman–Crippen MR) is 117 cm³/mol. The van der Waals surface area contributed by atoms with Gasteiger partial charge in [-0.2, -0.15) is 26.3 Å². The van der Waals surface area contributed by atoms with Crippen LogP contribution in [0.15, 0.2) is 35.4 Å². The van der Waals surface area contributed by atoms with Gasteiger partial charge in [0.1, 0.15) is 0 Å². The van der Waals surface area contributed by atoms with Crippen molar-refractivity contribution in [2.45, 2.75) is 70.4 Å². The van der Waals surface area contributed by atoms with Crippen molar-refractivity contribution in [1.82, 2.24) is 5.32 Å². The standard InChI is InChI=1S/C26H29F6NO/c1-12-19-7-13(24(19,2)3)8-21(12)33-11-22(34)16-10-20(26(30,31)32)15-9-17(15)23-14(16)5-4-6-18(23)25(27,28)29/h4-6,10,12-13,17,19,21-22,33-34H,7-9,11H2,1-3H3. The van der Waals surface area contributed by atoms with E-state index >= 15 is 0 Å². The molecular weight excluding hydrogens is 456 g/mol. The van der Waals surface area contributed by atoms with Crippen LogP contribution >= 0.6 is 0 Å². The SMILES string of the molecule is CC1C(NCC(O)C2=CC(C(F)(F)F)=C3CC3c3c2cccc3C(F)(F)F)CC2CC1C2(C)C. The second-order valence-corrected chi connectivity index (χ2v) is 11.0. The van der Waals surface area contributed by atoms with Crippen molar-refractivity contribution in [3.8, 4) is 0 Å². The van der Waals surface area contributed by atoms with Gasteiger partial charge in [-0.1, -0.05) is 32.9 Å². The highest BCUT2D eigenvalue weighted by molar-refractivity contribution is 5.80. The molecule has 34 heavy (non-hydrogen) atoms. The van der Waals surface area contributed by atoms with Crippen LogP contribution in [0.1, 0.15) is 62.6 Å². The first-order valence-corrected chi connectivity index (χ1v) is 11.8. The summed E-state index contributed by atoms with van der Waals surface area (Å²) in [7, 11) is 0. The van der Waals surface area contributed by atoms with E-state index in [9.17, 15) is 31.4 Å². The molecule has 5 aliphatic carbocycles. The van der Waals surface area contributed by atoms with E-state index in [4.69, 9.17) is 0 Å². The molecular formula is C26H29F6NO.